The smallest absolute Gasteiger partial charge is 0.230 e. The van der Waals surface area contributed by atoms with E-state index in [1.54, 1.807) is 0 Å². The maximum absolute atomic E-state index is 12.0. The Labute approximate surface area is 89.7 Å². The first-order chi connectivity index (χ1) is 7.24. The summed E-state index contributed by atoms with van der Waals surface area (Å²) in [7, 11) is 0. The van der Waals surface area contributed by atoms with Gasteiger partial charge in [-0.05, 0) is 42.9 Å². The van der Waals surface area contributed by atoms with Crippen LogP contribution in [-0.4, -0.2) is 12.5 Å². The van der Waals surface area contributed by atoms with E-state index in [4.69, 9.17) is 0 Å². The molecule has 0 radical (unpaired) electrons. The lowest BCUT2D eigenvalue weighted by atomic mass is 9.80. The third kappa shape index (κ3) is 1.02. The molecule has 0 saturated carbocycles. The van der Waals surface area contributed by atoms with E-state index in [1.807, 2.05) is 0 Å². The lowest BCUT2D eigenvalue weighted by Crippen LogP contribution is -2.33. The third-order valence-electron chi connectivity index (χ3n) is 4.00. The molecule has 3 rings (SSSR count). The number of aryl methyl sites for hydroxylation is 1. The molecule has 2 aliphatic rings. The predicted molar refractivity (Wildman–Crippen MR) is 58.8 cm³/mol. The summed E-state index contributed by atoms with van der Waals surface area (Å²) in [5, 5.41) is 2.97. The van der Waals surface area contributed by atoms with Crippen molar-refractivity contribution in [1.29, 1.82) is 0 Å². The van der Waals surface area contributed by atoms with Crippen molar-refractivity contribution in [3.63, 3.8) is 0 Å². The zero-order chi connectivity index (χ0) is 10.5. The molecule has 1 aromatic carbocycles. The Morgan fingerprint density at radius 3 is 2.93 bits per heavy atom. The van der Waals surface area contributed by atoms with E-state index in [-0.39, 0.29) is 11.3 Å². The van der Waals surface area contributed by atoms with Gasteiger partial charge in [0, 0.05) is 6.54 Å². The van der Waals surface area contributed by atoms with Crippen molar-refractivity contribution in [3.05, 3.63) is 34.9 Å². The van der Waals surface area contributed by atoms with Crippen LogP contribution in [0.3, 0.4) is 0 Å². The Bertz CT molecular complexity index is 438. The molecule has 1 heterocycles. The Hall–Kier alpha value is -1.31. The molecule has 1 N–H and O–H groups in total. The quantitative estimate of drug-likeness (QED) is 0.680. The molecule has 1 aliphatic heterocycles. The van der Waals surface area contributed by atoms with Crippen LogP contribution < -0.4 is 5.32 Å². The molecule has 2 heteroatoms. The van der Waals surface area contributed by atoms with Crippen LogP contribution in [0, 0.1) is 6.92 Å². The van der Waals surface area contributed by atoms with E-state index in [9.17, 15) is 4.79 Å². The average molecular weight is 201 g/mol. The van der Waals surface area contributed by atoms with Crippen LogP contribution in [0.4, 0.5) is 0 Å². The van der Waals surface area contributed by atoms with Crippen molar-refractivity contribution in [3.8, 4) is 0 Å². The summed E-state index contributed by atoms with van der Waals surface area (Å²) < 4.78 is 0. The minimum Gasteiger partial charge on any atom is -0.355 e. The highest BCUT2D eigenvalue weighted by Gasteiger charge is 2.48. The topological polar surface area (TPSA) is 29.1 Å². The molecule has 1 aromatic rings. The van der Waals surface area contributed by atoms with Crippen LogP contribution >= 0.6 is 0 Å². The highest BCUT2D eigenvalue weighted by Crippen LogP contribution is 2.44. The molecule has 1 amide bonds. The maximum Gasteiger partial charge on any atom is 0.230 e. The summed E-state index contributed by atoms with van der Waals surface area (Å²) in [6.45, 7) is 2.98. The summed E-state index contributed by atoms with van der Waals surface area (Å²) in [4.78, 5) is 12.0. The van der Waals surface area contributed by atoms with Gasteiger partial charge >= 0.3 is 0 Å². The van der Waals surface area contributed by atoms with Crippen molar-refractivity contribution >= 4 is 5.91 Å². The fourth-order valence-electron chi connectivity index (χ4n) is 3.12. The fourth-order valence-corrected chi connectivity index (χ4v) is 3.12. The molecule has 15 heavy (non-hydrogen) atoms. The summed E-state index contributed by atoms with van der Waals surface area (Å²) >= 11 is 0. The van der Waals surface area contributed by atoms with Gasteiger partial charge in [-0.2, -0.15) is 0 Å². The average Bonchev–Trinajstić information content (AvgIpc) is 2.77. The predicted octanol–water partition coefficient (Wildman–Crippen LogP) is 1.70. The van der Waals surface area contributed by atoms with Gasteiger partial charge in [0.15, 0.2) is 0 Å². The number of fused-ring (bicyclic) bond motifs is 2. The van der Waals surface area contributed by atoms with Gasteiger partial charge in [-0.1, -0.05) is 18.2 Å². The first kappa shape index (κ1) is 8.96. The molecule has 2 nitrogen and oxygen atoms in total. The second-order valence-corrected chi connectivity index (χ2v) is 4.69. The van der Waals surface area contributed by atoms with Crippen LogP contribution in [0.15, 0.2) is 18.2 Å². The number of benzene rings is 1. The summed E-state index contributed by atoms with van der Waals surface area (Å²) in [6, 6.07) is 6.36. The van der Waals surface area contributed by atoms with Crippen LogP contribution in [0.5, 0.6) is 0 Å². The molecule has 1 fully saturated rings. The van der Waals surface area contributed by atoms with Crippen molar-refractivity contribution in [2.24, 2.45) is 0 Å². The summed E-state index contributed by atoms with van der Waals surface area (Å²) in [5.41, 5.74) is 3.86. The Kier molecular flexibility index (Phi) is 1.70. The summed E-state index contributed by atoms with van der Waals surface area (Å²) in [5.74, 6) is 0.242. The van der Waals surface area contributed by atoms with Crippen LogP contribution in [-0.2, 0) is 16.6 Å². The van der Waals surface area contributed by atoms with E-state index in [0.29, 0.717) is 0 Å². The molecule has 78 valence electrons. The molecule has 1 atom stereocenters. The van der Waals surface area contributed by atoms with E-state index in [1.165, 1.54) is 16.7 Å². The minimum atomic E-state index is -0.179. The van der Waals surface area contributed by atoms with Gasteiger partial charge < -0.3 is 5.32 Å². The van der Waals surface area contributed by atoms with Gasteiger partial charge in [0.2, 0.25) is 5.91 Å². The monoisotopic (exact) mass is 201 g/mol. The Balaban J connectivity index is 2.19. The lowest BCUT2D eigenvalue weighted by molar-refractivity contribution is -0.123. The number of amides is 1. The minimum absolute atomic E-state index is 0.179. The van der Waals surface area contributed by atoms with E-state index in [0.717, 1.165) is 25.8 Å². The SMILES string of the molecule is Cc1cccc2c1CCC21CCNC1=O. The lowest BCUT2D eigenvalue weighted by Gasteiger charge is -2.21. The number of hydrogen-bond donors (Lipinski definition) is 1. The molecule has 1 aliphatic carbocycles. The zero-order valence-corrected chi connectivity index (χ0v) is 8.97. The van der Waals surface area contributed by atoms with Crippen molar-refractivity contribution in [1.82, 2.24) is 5.32 Å². The van der Waals surface area contributed by atoms with Gasteiger partial charge in [-0.25, -0.2) is 0 Å². The first-order valence-electron chi connectivity index (χ1n) is 5.61. The van der Waals surface area contributed by atoms with Gasteiger partial charge in [0.25, 0.3) is 0 Å². The number of rotatable bonds is 0. The van der Waals surface area contributed by atoms with Gasteiger partial charge in [0.1, 0.15) is 0 Å². The fraction of sp³-hybridized carbons (Fsp3) is 0.462. The molecule has 1 unspecified atom stereocenters. The highest BCUT2D eigenvalue weighted by molar-refractivity contribution is 5.91. The normalized spacial score (nSPS) is 28.2. The number of carbonyl (C=O) groups is 1. The molecule has 1 saturated heterocycles. The van der Waals surface area contributed by atoms with Gasteiger partial charge in [-0.15, -0.1) is 0 Å². The van der Waals surface area contributed by atoms with Crippen LogP contribution in [0.1, 0.15) is 29.5 Å². The maximum atomic E-state index is 12.0. The van der Waals surface area contributed by atoms with Crippen molar-refractivity contribution < 1.29 is 4.79 Å². The number of nitrogens with one attached hydrogen (secondary N) is 1. The number of hydrogen-bond acceptors (Lipinski definition) is 1. The molecular formula is C13H15NO. The third-order valence-corrected chi connectivity index (χ3v) is 4.00. The highest BCUT2D eigenvalue weighted by atomic mass is 16.2. The Morgan fingerprint density at radius 2 is 2.20 bits per heavy atom. The molecular weight excluding hydrogens is 186 g/mol. The molecule has 1 spiro atoms. The second kappa shape index (κ2) is 2.84. The van der Waals surface area contributed by atoms with Crippen LogP contribution in [0.2, 0.25) is 0 Å². The van der Waals surface area contributed by atoms with E-state index in [2.05, 4.69) is 30.4 Å². The zero-order valence-electron chi connectivity index (χ0n) is 8.97. The van der Waals surface area contributed by atoms with Crippen LogP contribution in [0.25, 0.3) is 0 Å². The largest absolute Gasteiger partial charge is 0.355 e. The van der Waals surface area contributed by atoms with Crippen molar-refractivity contribution in [2.75, 3.05) is 6.54 Å². The second-order valence-electron chi connectivity index (χ2n) is 4.69. The van der Waals surface area contributed by atoms with E-state index < -0.39 is 0 Å². The molecule has 0 aromatic heterocycles. The van der Waals surface area contributed by atoms with Crippen molar-refractivity contribution in [2.45, 2.75) is 31.6 Å². The Morgan fingerprint density at radius 1 is 1.33 bits per heavy atom. The van der Waals surface area contributed by atoms with Gasteiger partial charge in [0.05, 0.1) is 5.41 Å². The number of carbonyl (C=O) groups excluding carboxylic acids is 1. The molecule has 0 bridgehead atoms. The first-order valence-corrected chi connectivity index (χ1v) is 5.61. The summed E-state index contributed by atoms with van der Waals surface area (Å²) in [6.07, 6.45) is 3.04. The standard InChI is InChI=1S/C13H15NO/c1-9-3-2-4-11-10(9)5-6-13(11)7-8-14-12(13)15/h2-4H,5-8H2,1H3,(H,14,15). The van der Waals surface area contributed by atoms with Gasteiger partial charge in [-0.3, -0.25) is 4.79 Å². The van der Waals surface area contributed by atoms with E-state index >= 15 is 0 Å².